The number of rotatable bonds is 5. The highest BCUT2D eigenvalue weighted by molar-refractivity contribution is 5.76. The molecule has 2 aliphatic heterocycles. The van der Waals surface area contributed by atoms with E-state index in [4.69, 9.17) is 9.47 Å². The first kappa shape index (κ1) is 18.7. The summed E-state index contributed by atoms with van der Waals surface area (Å²) in [6.07, 6.45) is 4.59. The molecule has 148 valence electrons. The van der Waals surface area contributed by atoms with Crippen LogP contribution in [0.15, 0.2) is 42.7 Å². The molecule has 1 N–H and O–H groups in total. The van der Waals surface area contributed by atoms with E-state index in [1.54, 1.807) is 6.20 Å². The summed E-state index contributed by atoms with van der Waals surface area (Å²) < 4.78 is 11.2. The molecular weight excluding hydrogens is 358 g/mol. The normalized spacial score (nSPS) is 19.0. The molecule has 0 radical (unpaired) electrons. The van der Waals surface area contributed by atoms with Gasteiger partial charge in [-0.2, -0.15) is 0 Å². The molecule has 0 aliphatic carbocycles. The van der Waals surface area contributed by atoms with Crippen LogP contribution >= 0.6 is 0 Å². The molecule has 0 amide bonds. The second-order valence-electron chi connectivity index (χ2n) is 7.17. The lowest BCUT2D eigenvalue weighted by Crippen LogP contribution is -2.37. The first-order chi connectivity index (χ1) is 13.7. The maximum absolute atomic E-state index is 12.1. The molecule has 2 aromatic rings. The van der Waals surface area contributed by atoms with Crippen LogP contribution in [-0.4, -0.2) is 65.3 Å². The molecule has 1 saturated heterocycles. The van der Waals surface area contributed by atoms with Gasteiger partial charge in [-0.05, 0) is 42.3 Å². The van der Waals surface area contributed by atoms with Gasteiger partial charge in [0.2, 0.25) is 0 Å². The molecule has 0 bridgehead atoms. The Balaban J connectivity index is 1.47. The van der Waals surface area contributed by atoms with E-state index in [2.05, 4.69) is 20.9 Å². The van der Waals surface area contributed by atoms with Gasteiger partial charge >= 0.3 is 5.97 Å². The van der Waals surface area contributed by atoms with E-state index in [-0.39, 0.29) is 0 Å². The molecule has 1 fully saturated rings. The summed E-state index contributed by atoms with van der Waals surface area (Å²) in [4.78, 5) is 20.7. The maximum Gasteiger partial charge on any atom is 0.325 e. The Kier molecular flexibility index (Phi) is 5.73. The lowest BCUT2D eigenvalue weighted by atomic mass is 10.0. The smallest absolute Gasteiger partial charge is 0.325 e. The zero-order valence-corrected chi connectivity index (χ0v) is 15.8. The van der Waals surface area contributed by atoms with Gasteiger partial charge in [0.25, 0.3) is 0 Å². The summed E-state index contributed by atoms with van der Waals surface area (Å²) in [5, 5.41) is 9.94. The molecule has 1 aromatic heterocycles. The van der Waals surface area contributed by atoms with Crippen LogP contribution < -0.4 is 9.47 Å². The number of ether oxygens (including phenoxy) is 2. The Labute approximate surface area is 164 Å². The van der Waals surface area contributed by atoms with Crippen LogP contribution in [0.3, 0.4) is 0 Å². The van der Waals surface area contributed by atoms with Gasteiger partial charge in [-0.3, -0.25) is 19.6 Å². The molecule has 0 saturated carbocycles. The number of benzene rings is 1. The summed E-state index contributed by atoms with van der Waals surface area (Å²) in [6, 6.07) is 8.80. The largest absolute Gasteiger partial charge is 0.486 e. The van der Waals surface area contributed by atoms with Crippen molar-refractivity contribution in [3.05, 3.63) is 53.9 Å². The van der Waals surface area contributed by atoms with E-state index >= 15 is 0 Å². The predicted octanol–water partition coefficient (Wildman–Crippen LogP) is 2.19. The van der Waals surface area contributed by atoms with Crippen LogP contribution in [0.1, 0.15) is 23.6 Å². The van der Waals surface area contributed by atoms with E-state index in [1.807, 2.05) is 30.5 Å². The van der Waals surface area contributed by atoms with E-state index in [0.29, 0.717) is 31.3 Å². The van der Waals surface area contributed by atoms with Gasteiger partial charge in [-0.15, -0.1) is 0 Å². The maximum atomic E-state index is 12.1. The second kappa shape index (κ2) is 8.58. The SMILES string of the molecule is O=C(O)C(c1ccc2c(c1)OCCO2)N1CCCN(Cc2cccnc2)CC1. The number of carboxylic acid groups (broad SMARTS) is 1. The number of hydrogen-bond acceptors (Lipinski definition) is 6. The molecule has 28 heavy (non-hydrogen) atoms. The Morgan fingerprint density at radius 1 is 1.11 bits per heavy atom. The minimum Gasteiger partial charge on any atom is -0.486 e. The average molecular weight is 383 g/mol. The molecule has 1 unspecified atom stereocenters. The van der Waals surface area contributed by atoms with Crippen molar-refractivity contribution in [1.29, 1.82) is 0 Å². The monoisotopic (exact) mass is 383 g/mol. The van der Waals surface area contributed by atoms with Crippen LogP contribution in [0.25, 0.3) is 0 Å². The summed E-state index contributed by atoms with van der Waals surface area (Å²) in [7, 11) is 0. The fraction of sp³-hybridized carbons (Fsp3) is 0.429. The number of aromatic nitrogens is 1. The molecule has 7 heteroatoms. The third-order valence-corrected chi connectivity index (χ3v) is 5.23. The minimum atomic E-state index is -0.836. The lowest BCUT2D eigenvalue weighted by Gasteiger charge is -2.29. The van der Waals surface area contributed by atoms with Crippen molar-refractivity contribution in [3.63, 3.8) is 0 Å². The molecule has 3 heterocycles. The van der Waals surface area contributed by atoms with Crippen LogP contribution in [-0.2, 0) is 11.3 Å². The van der Waals surface area contributed by atoms with Gasteiger partial charge in [-0.25, -0.2) is 0 Å². The van der Waals surface area contributed by atoms with Gasteiger partial charge in [-0.1, -0.05) is 12.1 Å². The van der Waals surface area contributed by atoms with E-state index < -0.39 is 12.0 Å². The summed E-state index contributed by atoms with van der Waals surface area (Å²) in [6.45, 7) is 5.06. The number of pyridine rings is 1. The van der Waals surface area contributed by atoms with Gasteiger partial charge in [0.05, 0.1) is 0 Å². The number of nitrogens with zero attached hydrogens (tertiary/aromatic N) is 3. The Morgan fingerprint density at radius 2 is 1.96 bits per heavy atom. The standard InChI is InChI=1S/C21H25N3O4/c25-21(26)20(17-4-5-18-19(13-17)28-12-11-27-18)24-8-2-7-23(9-10-24)15-16-3-1-6-22-14-16/h1,3-6,13-14,20H,2,7-12,15H2,(H,25,26). The highest BCUT2D eigenvalue weighted by Crippen LogP contribution is 2.34. The fourth-order valence-electron chi connectivity index (χ4n) is 3.90. The van der Waals surface area contributed by atoms with Crippen molar-refractivity contribution in [1.82, 2.24) is 14.8 Å². The summed E-state index contributed by atoms with van der Waals surface area (Å²) in [5.41, 5.74) is 1.91. The Hall–Kier alpha value is -2.64. The van der Waals surface area contributed by atoms with E-state index in [0.717, 1.165) is 38.2 Å². The number of carboxylic acids is 1. The van der Waals surface area contributed by atoms with Crippen LogP contribution in [0.4, 0.5) is 0 Å². The van der Waals surface area contributed by atoms with Crippen LogP contribution in [0, 0.1) is 0 Å². The topological polar surface area (TPSA) is 75.1 Å². The number of aliphatic carboxylic acids is 1. The van der Waals surface area contributed by atoms with Crippen LogP contribution in [0.2, 0.25) is 0 Å². The molecule has 0 spiro atoms. The fourth-order valence-corrected chi connectivity index (χ4v) is 3.90. The Morgan fingerprint density at radius 3 is 2.75 bits per heavy atom. The van der Waals surface area contributed by atoms with Gasteiger partial charge < -0.3 is 14.6 Å². The predicted molar refractivity (Wildman–Crippen MR) is 104 cm³/mol. The summed E-state index contributed by atoms with van der Waals surface area (Å²) in [5.74, 6) is 0.470. The summed E-state index contributed by atoms with van der Waals surface area (Å²) >= 11 is 0. The van der Waals surface area contributed by atoms with Crippen molar-refractivity contribution in [2.45, 2.75) is 19.0 Å². The minimum absolute atomic E-state index is 0.487. The number of fused-ring (bicyclic) bond motifs is 1. The third kappa shape index (κ3) is 4.26. The van der Waals surface area contributed by atoms with Gasteiger partial charge in [0.1, 0.15) is 19.3 Å². The number of hydrogen-bond donors (Lipinski definition) is 1. The zero-order valence-electron chi connectivity index (χ0n) is 15.8. The van der Waals surface area contributed by atoms with Crippen molar-refractivity contribution in [2.75, 3.05) is 39.4 Å². The van der Waals surface area contributed by atoms with Crippen molar-refractivity contribution in [2.24, 2.45) is 0 Å². The average Bonchev–Trinajstić information content (AvgIpc) is 2.94. The highest BCUT2D eigenvalue weighted by Gasteiger charge is 2.30. The zero-order chi connectivity index (χ0) is 19.3. The van der Waals surface area contributed by atoms with Crippen molar-refractivity contribution < 1.29 is 19.4 Å². The van der Waals surface area contributed by atoms with Crippen LogP contribution in [0.5, 0.6) is 11.5 Å². The van der Waals surface area contributed by atoms with Gasteiger partial charge in [0.15, 0.2) is 11.5 Å². The first-order valence-electron chi connectivity index (χ1n) is 9.68. The second-order valence-corrected chi connectivity index (χ2v) is 7.17. The molecule has 1 atom stereocenters. The van der Waals surface area contributed by atoms with Crippen molar-refractivity contribution >= 4 is 5.97 Å². The molecular formula is C21H25N3O4. The number of carbonyl (C=O) groups is 1. The van der Waals surface area contributed by atoms with Crippen molar-refractivity contribution in [3.8, 4) is 11.5 Å². The third-order valence-electron chi connectivity index (χ3n) is 5.23. The van der Waals surface area contributed by atoms with Gasteiger partial charge in [0, 0.05) is 38.6 Å². The van der Waals surface area contributed by atoms with E-state index in [9.17, 15) is 9.90 Å². The molecule has 2 aliphatic rings. The quantitative estimate of drug-likeness (QED) is 0.848. The first-order valence-corrected chi connectivity index (χ1v) is 9.68. The Bertz CT molecular complexity index is 815. The molecule has 4 rings (SSSR count). The highest BCUT2D eigenvalue weighted by atomic mass is 16.6. The molecule has 7 nitrogen and oxygen atoms in total. The molecule has 1 aromatic carbocycles. The van der Waals surface area contributed by atoms with E-state index in [1.165, 1.54) is 5.56 Å². The lowest BCUT2D eigenvalue weighted by molar-refractivity contribution is -0.143.